The molecule has 1 aromatic heterocycles. The van der Waals surface area contributed by atoms with Crippen molar-refractivity contribution in [2.75, 3.05) is 45.2 Å². The third kappa shape index (κ3) is 3.42. The van der Waals surface area contributed by atoms with Gasteiger partial charge in [-0.25, -0.2) is 14.8 Å². The van der Waals surface area contributed by atoms with E-state index in [0.717, 1.165) is 35.9 Å². The molecule has 0 radical (unpaired) electrons. The molecule has 0 aliphatic carbocycles. The van der Waals surface area contributed by atoms with E-state index in [4.69, 9.17) is 9.72 Å². The monoisotopic (exact) mass is 347 g/mol. The summed E-state index contributed by atoms with van der Waals surface area (Å²) < 4.78 is 5.89. The first-order chi connectivity index (χ1) is 11.8. The molecule has 0 bridgehead atoms. The number of aryl methyl sites for hydroxylation is 1. The van der Waals surface area contributed by atoms with Crippen molar-refractivity contribution >= 4 is 12.0 Å². The summed E-state index contributed by atoms with van der Waals surface area (Å²) in [5, 5.41) is 3.02. The predicted octanol–water partition coefficient (Wildman–Crippen LogP) is 1.69. The largest absolute Gasteiger partial charge is 0.376 e. The number of hydrogen-bond acceptors (Lipinski definition) is 5. The number of nitrogens with zero attached hydrogens (tertiary/aromatic N) is 4. The Balaban J connectivity index is 1.86. The minimum Gasteiger partial charge on any atom is -0.376 e. The summed E-state index contributed by atoms with van der Waals surface area (Å²) in [5.74, 6) is 1.16. The first-order valence-corrected chi connectivity index (χ1v) is 8.98. The zero-order chi connectivity index (χ0) is 18.2. The molecule has 0 saturated carbocycles. The van der Waals surface area contributed by atoms with Gasteiger partial charge in [-0.3, -0.25) is 0 Å². The molecule has 25 heavy (non-hydrogen) atoms. The fourth-order valence-electron chi connectivity index (χ4n) is 3.57. The molecule has 2 amide bonds. The summed E-state index contributed by atoms with van der Waals surface area (Å²) in [6.07, 6.45) is 0.873. The number of fused-ring (bicyclic) bond motifs is 2. The van der Waals surface area contributed by atoms with E-state index >= 15 is 0 Å². The molecule has 0 aromatic carbocycles. The van der Waals surface area contributed by atoms with Gasteiger partial charge in [0.2, 0.25) is 5.95 Å². The van der Waals surface area contributed by atoms with Crippen molar-refractivity contribution in [3.63, 3.8) is 0 Å². The van der Waals surface area contributed by atoms with Gasteiger partial charge in [-0.15, -0.1) is 0 Å². The lowest BCUT2D eigenvalue weighted by atomic mass is 9.80. The van der Waals surface area contributed by atoms with Gasteiger partial charge in [-0.1, -0.05) is 13.8 Å². The van der Waals surface area contributed by atoms with Gasteiger partial charge in [0.15, 0.2) is 0 Å². The maximum atomic E-state index is 12.5. The Labute approximate surface area is 149 Å². The molecular formula is C18H29N5O2. The lowest BCUT2D eigenvalue weighted by molar-refractivity contribution is 0.0514. The summed E-state index contributed by atoms with van der Waals surface area (Å²) in [5.41, 5.74) is 2.90. The molecule has 3 heterocycles. The van der Waals surface area contributed by atoms with Crippen molar-refractivity contribution < 1.29 is 9.53 Å². The Morgan fingerprint density at radius 3 is 2.84 bits per heavy atom. The van der Waals surface area contributed by atoms with Crippen LogP contribution < -0.4 is 10.2 Å². The molecule has 7 nitrogen and oxygen atoms in total. The third-order valence-corrected chi connectivity index (χ3v) is 5.03. The van der Waals surface area contributed by atoms with Crippen LogP contribution in [0.3, 0.4) is 0 Å². The molecule has 0 unspecified atom stereocenters. The van der Waals surface area contributed by atoms with Crippen LogP contribution in [-0.2, 0) is 16.8 Å². The summed E-state index contributed by atoms with van der Waals surface area (Å²) in [6, 6.07) is 0.0105. The van der Waals surface area contributed by atoms with Crippen molar-refractivity contribution in [2.24, 2.45) is 5.92 Å². The molecule has 2 aliphatic heterocycles. The Morgan fingerprint density at radius 1 is 1.40 bits per heavy atom. The second kappa shape index (κ2) is 6.78. The Kier molecular flexibility index (Phi) is 4.86. The molecule has 3 rings (SSSR count). The van der Waals surface area contributed by atoms with Crippen LogP contribution in [0.1, 0.15) is 37.2 Å². The van der Waals surface area contributed by atoms with Crippen molar-refractivity contribution in [1.29, 1.82) is 0 Å². The first-order valence-electron chi connectivity index (χ1n) is 8.98. The van der Waals surface area contributed by atoms with Crippen LogP contribution in [0.15, 0.2) is 0 Å². The molecule has 1 saturated heterocycles. The summed E-state index contributed by atoms with van der Waals surface area (Å²) in [6.45, 7) is 9.44. The van der Waals surface area contributed by atoms with Crippen LogP contribution in [0.25, 0.3) is 0 Å². The smallest absolute Gasteiger partial charge is 0.317 e. The zero-order valence-corrected chi connectivity index (χ0v) is 15.9. The molecule has 7 heteroatoms. The van der Waals surface area contributed by atoms with Gasteiger partial charge in [-0.2, -0.15) is 0 Å². The second-order valence-electron chi connectivity index (χ2n) is 7.86. The molecule has 1 aromatic rings. The summed E-state index contributed by atoms with van der Waals surface area (Å²) in [7, 11) is 3.90. The number of likely N-dealkylation sites (tertiary alicyclic amines) is 1. The van der Waals surface area contributed by atoms with E-state index in [-0.39, 0.29) is 11.4 Å². The number of anilines is 1. The van der Waals surface area contributed by atoms with E-state index in [2.05, 4.69) is 24.1 Å². The highest BCUT2D eigenvalue weighted by Gasteiger charge is 2.46. The second-order valence-corrected chi connectivity index (χ2v) is 7.86. The topological polar surface area (TPSA) is 70.6 Å². The van der Waals surface area contributed by atoms with E-state index in [9.17, 15) is 4.79 Å². The predicted molar refractivity (Wildman–Crippen MR) is 96.9 cm³/mol. The van der Waals surface area contributed by atoms with Crippen molar-refractivity contribution in [3.8, 4) is 0 Å². The Morgan fingerprint density at radius 2 is 2.16 bits per heavy atom. The van der Waals surface area contributed by atoms with Crippen LogP contribution in [0.2, 0.25) is 0 Å². The van der Waals surface area contributed by atoms with Gasteiger partial charge in [0, 0.05) is 45.0 Å². The molecular weight excluding hydrogens is 318 g/mol. The number of amides is 2. The van der Waals surface area contributed by atoms with E-state index in [1.54, 1.807) is 0 Å². The number of nitrogens with one attached hydrogen (secondary N) is 1. The summed E-state index contributed by atoms with van der Waals surface area (Å²) in [4.78, 5) is 25.7. The fourth-order valence-corrected chi connectivity index (χ4v) is 3.57. The van der Waals surface area contributed by atoms with Gasteiger partial charge >= 0.3 is 6.03 Å². The summed E-state index contributed by atoms with van der Waals surface area (Å²) >= 11 is 0. The van der Waals surface area contributed by atoms with Crippen LogP contribution in [0.4, 0.5) is 10.7 Å². The normalized spacial score (nSPS) is 22.4. The molecule has 1 N–H and O–H groups in total. The Bertz CT molecular complexity index is 661. The van der Waals surface area contributed by atoms with E-state index < -0.39 is 0 Å². The number of aromatic nitrogens is 2. The van der Waals surface area contributed by atoms with Gasteiger partial charge in [0.1, 0.15) is 0 Å². The highest BCUT2D eigenvalue weighted by Crippen LogP contribution is 2.40. The first kappa shape index (κ1) is 17.9. The van der Waals surface area contributed by atoms with Gasteiger partial charge in [-0.05, 0) is 19.3 Å². The van der Waals surface area contributed by atoms with Crippen LogP contribution in [0, 0.1) is 12.8 Å². The minimum absolute atomic E-state index is 0.0105. The zero-order valence-electron chi connectivity index (χ0n) is 15.9. The number of carbonyl (C=O) groups excluding carboxylic acids is 1. The average Bonchev–Trinajstić information content (AvgIpc) is 2.98. The lowest BCUT2D eigenvalue weighted by Gasteiger charge is -2.35. The number of urea groups is 1. The number of rotatable bonds is 3. The van der Waals surface area contributed by atoms with Gasteiger partial charge < -0.3 is 19.9 Å². The van der Waals surface area contributed by atoms with Gasteiger partial charge in [0.25, 0.3) is 0 Å². The number of carbonyl (C=O) groups is 1. The van der Waals surface area contributed by atoms with Crippen LogP contribution >= 0.6 is 0 Å². The Hall–Kier alpha value is -1.89. The lowest BCUT2D eigenvalue weighted by Crippen LogP contribution is -2.45. The van der Waals surface area contributed by atoms with E-state index in [1.165, 1.54) is 0 Å². The molecule has 138 valence electrons. The maximum absolute atomic E-state index is 12.5. The number of hydrogen-bond donors (Lipinski definition) is 1. The van der Waals surface area contributed by atoms with Crippen molar-refractivity contribution in [3.05, 3.63) is 17.0 Å². The van der Waals surface area contributed by atoms with Gasteiger partial charge in [0.05, 0.1) is 24.3 Å². The van der Waals surface area contributed by atoms with E-state index in [0.29, 0.717) is 32.2 Å². The maximum Gasteiger partial charge on any atom is 0.317 e. The van der Waals surface area contributed by atoms with Crippen LogP contribution in [-0.4, -0.2) is 61.2 Å². The molecule has 1 fully saturated rings. The van der Waals surface area contributed by atoms with E-state index in [1.807, 2.05) is 30.8 Å². The average molecular weight is 347 g/mol. The molecule has 1 atom stereocenters. The molecule has 1 spiro atoms. The fraction of sp³-hybridized carbons (Fsp3) is 0.722. The SMILES string of the molecule is Cc1nc(N(C)C)nc2c1COC[C@@]21CCN(C(=O)NCC(C)C)C1. The molecule has 2 aliphatic rings. The highest BCUT2D eigenvalue weighted by atomic mass is 16.5. The van der Waals surface area contributed by atoms with Crippen molar-refractivity contribution in [2.45, 2.75) is 39.2 Å². The number of ether oxygens (including phenoxy) is 1. The minimum atomic E-state index is -0.221. The van der Waals surface area contributed by atoms with Crippen LogP contribution in [0.5, 0.6) is 0 Å². The highest BCUT2D eigenvalue weighted by molar-refractivity contribution is 5.74. The third-order valence-electron chi connectivity index (χ3n) is 5.03. The van der Waals surface area contributed by atoms with Crippen molar-refractivity contribution in [1.82, 2.24) is 20.2 Å². The standard InChI is InChI=1S/C18H29N5O2/c1-12(2)8-19-17(24)23-7-6-18(10-23)11-25-9-14-13(3)20-16(22(4)5)21-15(14)18/h12H,6-11H2,1-5H3,(H,19,24)/t18-/m0/s1. The quantitative estimate of drug-likeness (QED) is 0.901.